The van der Waals surface area contributed by atoms with Gasteiger partial charge in [-0.25, -0.2) is 4.79 Å². The van der Waals surface area contributed by atoms with Gasteiger partial charge < -0.3 is 21.7 Å². The number of amides is 2. The number of hydrogen-bond donors (Lipinski definition) is 4. The van der Waals surface area contributed by atoms with Crippen molar-refractivity contribution < 1.29 is 24.6 Å². The average molecular weight is 333 g/mol. The van der Waals surface area contributed by atoms with Gasteiger partial charge in [-0.15, -0.1) is 11.8 Å². The van der Waals surface area contributed by atoms with Gasteiger partial charge in [0.2, 0.25) is 11.8 Å². The molecule has 2 aliphatic rings. The summed E-state index contributed by atoms with van der Waals surface area (Å²) in [5, 5.41) is 18.4. The first kappa shape index (κ1) is 16.1. The summed E-state index contributed by atoms with van der Waals surface area (Å²) in [6, 6.07) is -0.894. The Bertz CT molecular complexity index is 536. The number of aliphatic carboxylic acids is 1. The molecule has 0 aliphatic carbocycles. The highest BCUT2D eigenvalue weighted by Crippen LogP contribution is 2.53. The molecule has 116 valence electrons. The molecule has 1 unspecified atom stereocenters. The van der Waals surface area contributed by atoms with Crippen molar-refractivity contribution in [2.75, 3.05) is 5.75 Å². The largest absolute Gasteiger partial charge is 0.477 e. The number of nitrogens with zero attached hydrogens (tertiary/aromatic N) is 1. The molecule has 0 aromatic heterocycles. The van der Waals surface area contributed by atoms with Gasteiger partial charge in [0, 0.05) is 5.75 Å². The standard InChI is InChI=1S/C11H15N3O5S2/c1-3(15)5-8(17)14-6(10(18)19)11(21-9(5)14)20-2-4(12)7(13)16/h3-5,9,15H,2,12H2,1H3,(H2,13,16)(H,18,19)/t3?,4-,5+,9+/m1/s1. The lowest BCUT2D eigenvalue weighted by Crippen LogP contribution is -2.60. The number of hydrogen-bond acceptors (Lipinski definition) is 7. The smallest absolute Gasteiger partial charge is 0.354 e. The molecule has 0 aromatic rings. The van der Waals surface area contributed by atoms with Crippen LogP contribution in [0.3, 0.4) is 0 Å². The Hall–Kier alpha value is -1.23. The maximum absolute atomic E-state index is 11.9. The number of β-lactam (4-membered cyclic amide) rings is 1. The molecular weight excluding hydrogens is 318 g/mol. The Kier molecular flexibility index (Phi) is 4.51. The molecule has 0 bridgehead atoms. The topological polar surface area (TPSA) is 147 Å². The Balaban J connectivity index is 2.15. The Morgan fingerprint density at radius 2 is 2.14 bits per heavy atom. The number of carbonyl (C=O) groups excluding carboxylic acids is 2. The third-order valence-electron chi connectivity index (χ3n) is 3.23. The summed E-state index contributed by atoms with van der Waals surface area (Å²) < 4.78 is 0.403. The molecule has 10 heteroatoms. The van der Waals surface area contributed by atoms with Crippen molar-refractivity contribution in [3.05, 3.63) is 9.93 Å². The highest BCUT2D eigenvalue weighted by atomic mass is 32.2. The van der Waals surface area contributed by atoms with Crippen LogP contribution in [-0.4, -0.2) is 56.2 Å². The molecule has 2 amide bonds. The minimum Gasteiger partial charge on any atom is -0.477 e. The van der Waals surface area contributed by atoms with Crippen molar-refractivity contribution in [3.8, 4) is 0 Å². The van der Waals surface area contributed by atoms with Crippen LogP contribution in [-0.2, 0) is 14.4 Å². The van der Waals surface area contributed by atoms with Crippen LogP contribution >= 0.6 is 23.5 Å². The summed E-state index contributed by atoms with van der Waals surface area (Å²) in [5.74, 6) is -2.80. The molecule has 0 spiro atoms. The number of aliphatic hydroxyl groups excluding tert-OH is 1. The second kappa shape index (κ2) is 5.87. The number of thioether (sulfide) groups is 2. The van der Waals surface area contributed by atoms with E-state index < -0.39 is 41.2 Å². The number of rotatable bonds is 6. The van der Waals surface area contributed by atoms with Crippen molar-refractivity contribution in [1.82, 2.24) is 4.90 Å². The summed E-state index contributed by atoms with van der Waals surface area (Å²) in [5.41, 5.74) is 10.4. The molecule has 2 rings (SSSR count). The van der Waals surface area contributed by atoms with Gasteiger partial charge in [0.1, 0.15) is 5.37 Å². The first-order valence-electron chi connectivity index (χ1n) is 6.08. The number of carboxylic acids is 1. The van der Waals surface area contributed by atoms with Crippen LogP contribution < -0.4 is 11.5 Å². The number of aliphatic hydroxyl groups is 1. The number of carbonyl (C=O) groups is 3. The molecule has 8 nitrogen and oxygen atoms in total. The van der Waals surface area contributed by atoms with Gasteiger partial charge in [0.15, 0.2) is 5.70 Å². The maximum atomic E-state index is 11.9. The lowest BCUT2D eigenvalue weighted by molar-refractivity contribution is -0.156. The third kappa shape index (κ3) is 2.76. The molecule has 2 aliphatic heterocycles. The number of nitrogens with two attached hydrogens (primary N) is 2. The van der Waals surface area contributed by atoms with Gasteiger partial charge in [-0.1, -0.05) is 11.8 Å². The van der Waals surface area contributed by atoms with E-state index in [2.05, 4.69) is 0 Å². The molecule has 4 atom stereocenters. The predicted octanol–water partition coefficient (Wildman–Crippen LogP) is -1.30. The quantitative estimate of drug-likeness (QED) is 0.438. The van der Waals surface area contributed by atoms with Gasteiger partial charge >= 0.3 is 5.97 Å². The molecule has 0 aromatic carbocycles. The van der Waals surface area contributed by atoms with E-state index in [1.807, 2.05) is 0 Å². The molecule has 0 radical (unpaired) electrons. The fraction of sp³-hybridized carbons (Fsp3) is 0.545. The van der Waals surface area contributed by atoms with Gasteiger partial charge in [0.25, 0.3) is 0 Å². The lowest BCUT2D eigenvalue weighted by atomic mass is 9.92. The zero-order valence-electron chi connectivity index (χ0n) is 11.1. The summed E-state index contributed by atoms with van der Waals surface area (Å²) >= 11 is 2.27. The van der Waals surface area contributed by atoms with Gasteiger partial charge in [-0.3, -0.25) is 14.5 Å². The van der Waals surface area contributed by atoms with E-state index in [0.29, 0.717) is 4.24 Å². The Morgan fingerprint density at radius 3 is 2.62 bits per heavy atom. The second-order valence-electron chi connectivity index (χ2n) is 4.74. The normalized spacial score (nSPS) is 27.2. The summed E-state index contributed by atoms with van der Waals surface area (Å²) in [6.45, 7) is 1.50. The molecule has 21 heavy (non-hydrogen) atoms. The first-order chi connectivity index (χ1) is 9.75. The van der Waals surface area contributed by atoms with Crippen LogP contribution in [0.2, 0.25) is 0 Å². The molecular formula is C11H15N3O5S2. The van der Waals surface area contributed by atoms with E-state index in [1.165, 1.54) is 23.6 Å². The monoisotopic (exact) mass is 333 g/mol. The van der Waals surface area contributed by atoms with E-state index in [0.717, 1.165) is 11.8 Å². The van der Waals surface area contributed by atoms with E-state index in [1.54, 1.807) is 0 Å². The second-order valence-corrected chi connectivity index (χ2v) is 7.16. The predicted molar refractivity (Wildman–Crippen MR) is 77.7 cm³/mol. The molecule has 1 saturated heterocycles. The maximum Gasteiger partial charge on any atom is 0.354 e. The summed E-state index contributed by atoms with van der Waals surface area (Å²) in [6.07, 6.45) is -0.849. The zero-order valence-corrected chi connectivity index (χ0v) is 12.7. The van der Waals surface area contributed by atoms with Crippen molar-refractivity contribution in [1.29, 1.82) is 0 Å². The zero-order chi connectivity index (χ0) is 15.9. The fourth-order valence-electron chi connectivity index (χ4n) is 2.10. The van der Waals surface area contributed by atoms with Crippen molar-refractivity contribution in [2.24, 2.45) is 17.4 Å². The van der Waals surface area contributed by atoms with E-state index >= 15 is 0 Å². The van der Waals surface area contributed by atoms with E-state index in [-0.39, 0.29) is 11.4 Å². The highest BCUT2D eigenvalue weighted by Gasteiger charge is 2.57. The number of carboxylic acid groups (broad SMARTS) is 1. The lowest BCUT2D eigenvalue weighted by Gasteiger charge is -2.43. The van der Waals surface area contributed by atoms with Crippen LogP contribution in [0, 0.1) is 5.92 Å². The number of fused-ring (bicyclic) bond motifs is 1. The number of primary amides is 1. The summed E-state index contributed by atoms with van der Waals surface area (Å²) in [4.78, 5) is 35.3. The van der Waals surface area contributed by atoms with Crippen molar-refractivity contribution in [3.63, 3.8) is 0 Å². The van der Waals surface area contributed by atoms with Crippen LogP contribution in [0.1, 0.15) is 6.92 Å². The van der Waals surface area contributed by atoms with Crippen molar-refractivity contribution in [2.45, 2.75) is 24.4 Å². The highest BCUT2D eigenvalue weighted by molar-refractivity contribution is 8.22. The third-order valence-corrected chi connectivity index (χ3v) is 6.00. The van der Waals surface area contributed by atoms with E-state index in [9.17, 15) is 24.6 Å². The van der Waals surface area contributed by atoms with E-state index in [4.69, 9.17) is 11.5 Å². The van der Waals surface area contributed by atoms with Crippen LogP contribution in [0.5, 0.6) is 0 Å². The Morgan fingerprint density at radius 1 is 1.52 bits per heavy atom. The van der Waals surface area contributed by atoms with Crippen molar-refractivity contribution >= 4 is 41.3 Å². The Labute approximate surface area is 128 Å². The average Bonchev–Trinajstić information content (AvgIpc) is 2.69. The molecule has 2 heterocycles. The van der Waals surface area contributed by atoms with Gasteiger partial charge in [-0.05, 0) is 6.92 Å². The van der Waals surface area contributed by atoms with Crippen LogP contribution in [0.4, 0.5) is 0 Å². The minimum atomic E-state index is -1.22. The van der Waals surface area contributed by atoms with Gasteiger partial charge in [0.05, 0.1) is 22.3 Å². The SMILES string of the molecule is CC(O)[C@H]1C(=O)N2C(C(=O)O)=C(SC[C@@H](N)C(N)=O)S[C@@H]12. The fourth-order valence-corrected chi connectivity index (χ4v) is 5.01. The molecule has 1 fully saturated rings. The van der Waals surface area contributed by atoms with Crippen LogP contribution in [0.25, 0.3) is 0 Å². The first-order valence-corrected chi connectivity index (χ1v) is 7.95. The summed E-state index contributed by atoms with van der Waals surface area (Å²) in [7, 11) is 0. The molecule has 0 saturated carbocycles. The minimum absolute atomic E-state index is 0.117. The van der Waals surface area contributed by atoms with Gasteiger partial charge in [-0.2, -0.15) is 0 Å². The molecule has 6 N–H and O–H groups in total. The van der Waals surface area contributed by atoms with Crippen LogP contribution in [0.15, 0.2) is 9.93 Å².